The third-order valence-corrected chi connectivity index (χ3v) is 3.49. The fourth-order valence-electron chi connectivity index (χ4n) is 2.34. The smallest absolute Gasteiger partial charge is 0.238 e. The fraction of sp³-hybridized carbons (Fsp3) is 0.533. The minimum absolute atomic E-state index is 0.0290. The Hall–Kier alpha value is -1.55. The second-order valence-electron chi connectivity index (χ2n) is 5.29. The lowest BCUT2D eigenvalue weighted by molar-refractivity contribution is -0.117. The maximum absolute atomic E-state index is 12.1. The predicted octanol–water partition coefficient (Wildman–Crippen LogP) is 2.39. The molecule has 19 heavy (non-hydrogen) atoms. The van der Waals surface area contributed by atoms with E-state index in [9.17, 15) is 4.79 Å². The van der Waals surface area contributed by atoms with Gasteiger partial charge in [-0.05, 0) is 44.4 Å². The number of rotatable bonds is 6. The average molecular weight is 261 g/mol. The van der Waals surface area contributed by atoms with Crippen LogP contribution in [0.15, 0.2) is 18.2 Å². The number of amides is 1. The molecule has 0 saturated heterocycles. The normalized spacial score (nSPS) is 14.7. The van der Waals surface area contributed by atoms with Crippen LogP contribution in [-0.4, -0.2) is 29.9 Å². The van der Waals surface area contributed by atoms with Crippen LogP contribution < -0.4 is 11.1 Å². The predicted molar refractivity (Wildman–Crippen MR) is 79.1 cm³/mol. The zero-order valence-corrected chi connectivity index (χ0v) is 11.8. The lowest BCUT2D eigenvalue weighted by Crippen LogP contribution is -2.35. The fourth-order valence-corrected chi connectivity index (χ4v) is 2.34. The van der Waals surface area contributed by atoms with Crippen molar-refractivity contribution in [3.63, 3.8) is 0 Å². The molecule has 1 amide bonds. The van der Waals surface area contributed by atoms with Gasteiger partial charge in [0.05, 0.1) is 17.9 Å². The second-order valence-corrected chi connectivity index (χ2v) is 5.29. The van der Waals surface area contributed by atoms with E-state index in [0.717, 1.165) is 24.2 Å². The first-order valence-corrected chi connectivity index (χ1v) is 7.00. The molecule has 104 valence electrons. The number of carbonyl (C=O) groups excluding carboxylic acids is 1. The Morgan fingerprint density at radius 1 is 1.47 bits per heavy atom. The standard InChI is InChI=1S/C15H23N3O/c1-3-9-18(12-7-8-12)10-14(19)17-15-11(2)5-4-6-13(15)16/h4-6,12H,3,7-10,16H2,1-2H3,(H,17,19). The van der Waals surface area contributed by atoms with E-state index in [1.165, 1.54) is 12.8 Å². The van der Waals surface area contributed by atoms with Crippen LogP contribution in [0, 0.1) is 6.92 Å². The first kappa shape index (κ1) is 13.9. The SMILES string of the molecule is CCCN(CC(=O)Nc1c(C)cccc1N)C1CC1. The van der Waals surface area contributed by atoms with E-state index in [1.54, 1.807) is 0 Å². The van der Waals surface area contributed by atoms with Gasteiger partial charge in [-0.1, -0.05) is 19.1 Å². The van der Waals surface area contributed by atoms with Crippen molar-refractivity contribution >= 4 is 17.3 Å². The highest BCUT2D eigenvalue weighted by Crippen LogP contribution is 2.27. The van der Waals surface area contributed by atoms with Gasteiger partial charge < -0.3 is 11.1 Å². The summed E-state index contributed by atoms with van der Waals surface area (Å²) in [4.78, 5) is 14.4. The summed E-state index contributed by atoms with van der Waals surface area (Å²) in [6, 6.07) is 6.28. The number of nitrogens with one attached hydrogen (secondary N) is 1. The van der Waals surface area contributed by atoms with Crippen LogP contribution >= 0.6 is 0 Å². The van der Waals surface area contributed by atoms with Gasteiger partial charge in [0.2, 0.25) is 5.91 Å². The van der Waals surface area contributed by atoms with Crippen molar-refractivity contribution in [2.24, 2.45) is 0 Å². The zero-order chi connectivity index (χ0) is 13.8. The Morgan fingerprint density at radius 2 is 2.21 bits per heavy atom. The van der Waals surface area contributed by atoms with Crippen molar-refractivity contribution in [2.45, 2.75) is 39.2 Å². The van der Waals surface area contributed by atoms with Crippen LogP contribution in [0.1, 0.15) is 31.7 Å². The van der Waals surface area contributed by atoms with Crippen LogP contribution in [0.4, 0.5) is 11.4 Å². The van der Waals surface area contributed by atoms with Crippen molar-refractivity contribution in [1.82, 2.24) is 4.90 Å². The van der Waals surface area contributed by atoms with Crippen LogP contribution in [0.2, 0.25) is 0 Å². The molecule has 4 nitrogen and oxygen atoms in total. The molecule has 1 aliphatic rings. The maximum Gasteiger partial charge on any atom is 0.238 e. The van der Waals surface area contributed by atoms with Gasteiger partial charge in [-0.15, -0.1) is 0 Å². The quantitative estimate of drug-likeness (QED) is 0.773. The molecule has 3 N–H and O–H groups in total. The summed E-state index contributed by atoms with van der Waals surface area (Å²) in [5, 5.41) is 2.94. The van der Waals surface area contributed by atoms with E-state index in [2.05, 4.69) is 17.1 Å². The first-order chi connectivity index (χ1) is 9.11. The van der Waals surface area contributed by atoms with E-state index in [-0.39, 0.29) is 5.91 Å². The third kappa shape index (κ3) is 3.70. The van der Waals surface area contributed by atoms with E-state index in [0.29, 0.717) is 18.3 Å². The summed E-state index contributed by atoms with van der Waals surface area (Å²) in [6.07, 6.45) is 3.52. The van der Waals surface area contributed by atoms with Crippen molar-refractivity contribution in [3.8, 4) is 0 Å². The molecule has 1 aromatic rings. The number of anilines is 2. The minimum atomic E-state index is 0.0290. The highest BCUT2D eigenvalue weighted by molar-refractivity contribution is 5.96. The van der Waals surface area contributed by atoms with Crippen molar-refractivity contribution < 1.29 is 4.79 Å². The molecule has 0 atom stereocenters. The Morgan fingerprint density at radius 3 is 2.79 bits per heavy atom. The number of nitrogens with zero attached hydrogens (tertiary/aromatic N) is 1. The first-order valence-electron chi connectivity index (χ1n) is 7.00. The Labute approximate surface area is 115 Å². The number of hydrogen-bond donors (Lipinski definition) is 2. The van der Waals surface area contributed by atoms with Gasteiger partial charge in [-0.3, -0.25) is 9.69 Å². The Kier molecular flexibility index (Phi) is 4.43. The number of nitrogens with two attached hydrogens (primary N) is 1. The molecule has 1 fully saturated rings. The Bertz CT molecular complexity index is 434. The van der Waals surface area contributed by atoms with Crippen LogP contribution in [-0.2, 0) is 4.79 Å². The van der Waals surface area contributed by atoms with Crippen molar-refractivity contribution in [3.05, 3.63) is 23.8 Å². The van der Waals surface area contributed by atoms with E-state index in [1.807, 2.05) is 25.1 Å². The third-order valence-electron chi connectivity index (χ3n) is 3.49. The lowest BCUT2D eigenvalue weighted by Gasteiger charge is -2.21. The van der Waals surface area contributed by atoms with Gasteiger partial charge in [0, 0.05) is 6.04 Å². The van der Waals surface area contributed by atoms with E-state index < -0.39 is 0 Å². The summed E-state index contributed by atoms with van der Waals surface area (Å²) in [6.45, 7) is 5.55. The maximum atomic E-state index is 12.1. The highest BCUT2D eigenvalue weighted by Gasteiger charge is 2.29. The van der Waals surface area contributed by atoms with Gasteiger partial charge in [0.15, 0.2) is 0 Å². The van der Waals surface area contributed by atoms with Gasteiger partial charge >= 0.3 is 0 Å². The number of hydrogen-bond acceptors (Lipinski definition) is 3. The summed E-state index contributed by atoms with van der Waals surface area (Å²) < 4.78 is 0. The van der Waals surface area contributed by atoms with E-state index >= 15 is 0 Å². The molecule has 0 aliphatic heterocycles. The number of benzene rings is 1. The Balaban J connectivity index is 1.96. The van der Waals surface area contributed by atoms with E-state index in [4.69, 9.17) is 5.73 Å². The summed E-state index contributed by atoms with van der Waals surface area (Å²) in [5.74, 6) is 0.0290. The molecule has 1 aliphatic carbocycles. The number of carbonyl (C=O) groups is 1. The molecule has 2 rings (SSSR count). The van der Waals surface area contributed by atoms with Crippen LogP contribution in [0.25, 0.3) is 0 Å². The van der Waals surface area contributed by atoms with Gasteiger partial charge in [0.25, 0.3) is 0 Å². The van der Waals surface area contributed by atoms with Crippen LogP contribution in [0.3, 0.4) is 0 Å². The number of aryl methyl sites for hydroxylation is 1. The van der Waals surface area contributed by atoms with Crippen LogP contribution in [0.5, 0.6) is 0 Å². The zero-order valence-electron chi connectivity index (χ0n) is 11.8. The minimum Gasteiger partial charge on any atom is -0.397 e. The average Bonchev–Trinajstić information content (AvgIpc) is 3.18. The van der Waals surface area contributed by atoms with Crippen molar-refractivity contribution in [2.75, 3.05) is 24.1 Å². The number of nitrogen functional groups attached to an aromatic ring is 1. The topological polar surface area (TPSA) is 58.4 Å². The largest absolute Gasteiger partial charge is 0.397 e. The van der Waals surface area contributed by atoms with Gasteiger partial charge in [0.1, 0.15) is 0 Å². The molecular weight excluding hydrogens is 238 g/mol. The molecular formula is C15H23N3O. The summed E-state index contributed by atoms with van der Waals surface area (Å²) >= 11 is 0. The van der Waals surface area contributed by atoms with Gasteiger partial charge in [-0.2, -0.15) is 0 Å². The monoisotopic (exact) mass is 261 g/mol. The second kappa shape index (κ2) is 6.06. The molecule has 1 aromatic carbocycles. The molecule has 4 heteroatoms. The van der Waals surface area contributed by atoms with Crippen molar-refractivity contribution in [1.29, 1.82) is 0 Å². The molecule has 1 saturated carbocycles. The van der Waals surface area contributed by atoms with Gasteiger partial charge in [-0.25, -0.2) is 0 Å². The molecule has 0 aromatic heterocycles. The molecule has 0 radical (unpaired) electrons. The highest BCUT2D eigenvalue weighted by atomic mass is 16.2. The lowest BCUT2D eigenvalue weighted by atomic mass is 10.1. The summed E-state index contributed by atoms with van der Waals surface area (Å²) in [7, 11) is 0. The summed E-state index contributed by atoms with van der Waals surface area (Å²) in [5.41, 5.74) is 8.28. The molecule has 0 spiro atoms. The molecule has 0 heterocycles. The molecule has 0 unspecified atom stereocenters. The number of para-hydroxylation sites is 1. The molecule has 0 bridgehead atoms.